The van der Waals surface area contributed by atoms with Crippen LogP contribution in [0.4, 0.5) is 5.69 Å². The number of thiazole rings is 1. The first-order valence-corrected chi connectivity index (χ1v) is 12.6. The van der Waals surface area contributed by atoms with E-state index in [4.69, 9.17) is 9.47 Å². The zero-order valence-electron chi connectivity index (χ0n) is 20.1. The van der Waals surface area contributed by atoms with Gasteiger partial charge in [0.1, 0.15) is 5.56 Å². The Morgan fingerprint density at radius 1 is 1.14 bits per heavy atom. The highest BCUT2D eigenvalue weighted by Crippen LogP contribution is 2.30. The van der Waals surface area contributed by atoms with Crippen LogP contribution >= 0.6 is 11.3 Å². The Bertz CT molecular complexity index is 1460. The second kappa shape index (κ2) is 10.2. The highest BCUT2D eigenvalue weighted by Gasteiger charge is 2.23. The number of aryl methyl sites for hydroxylation is 1. The Labute approximate surface area is 212 Å². The summed E-state index contributed by atoms with van der Waals surface area (Å²) in [7, 11) is 1.67. The van der Waals surface area contributed by atoms with E-state index in [9.17, 15) is 14.7 Å². The van der Waals surface area contributed by atoms with Crippen molar-refractivity contribution in [2.24, 2.45) is 0 Å². The lowest BCUT2D eigenvalue weighted by Gasteiger charge is -2.20. The van der Waals surface area contributed by atoms with E-state index in [1.165, 1.54) is 12.3 Å². The van der Waals surface area contributed by atoms with Gasteiger partial charge in [-0.05, 0) is 49.2 Å². The number of methoxy groups -OCH3 is 1. The van der Waals surface area contributed by atoms with Crippen molar-refractivity contribution in [2.75, 3.05) is 38.3 Å². The molecule has 9 heteroatoms. The second-order valence-corrected chi connectivity index (χ2v) is 10.00. The number of ether oxygens (including phenoxy) is 2. The summed E-state index contributed by atoms with van der Waals surface area (Å²) in [6, 6.07) is 15.2. The maximum absolute atomic E-state index is 12.6. The standard InChI is InChI=1S/C27H27N3O5S/c1-17-28-23-8-7-20(13-26(23)36-17)30-16-22(27(32)33)25(31)14-24(30)18-3-5-19(6-4-18)29-10-9-21(15-29)35-12-11-34-2/h3-8,13-14,16,21H,9-12,15H2,1-2H3,(H,32,33)/t21-/m1/s1. The Morgan fingerprint density at radius 3 is 2.67 bits per heavy atom. The average Bonchev–Trinajstić information content (AvgIpc) is 3.49. The minimum Gasteiger partial charge on any atom is -0.477 e. The molecule has 0 saturated carbocycles. The van der Waals surface area contributed by atoms with Crippen LogP contribution in [0.15, 0.2) is 59.5 Å². The number of aromatic carboxylic acids is 1. The summed E-state index contributed by atoms with van der Waals surface area (Å²) in [6.45, 7) is 4.85. The van der Waals surface area contributed by atoms with Gasteiger partial charge in [0.2, 0.25) is 0 Å². The van der Waals surface area contributed by atoms with Crippen molar-refractivity contribution in [3.63, 3.8) is 0 Å². The highest BCUT2D eigenvalue weighted by molar-refractivity contribution is 7.18. The van der Waals surface area contributed by atoms with Gasteiger partial charge in [0.15, 0.2) is 5.43 Å². The van der Waals surface area contributed by atoms with Crippen LogP contribution in [-0.4, -0.2) is 60.1 Å². The van der Waals surface area contributed by atoms with Gasteiger partial charge in [0.25, 0.3) is 0 Å². The number of hydrogen-bond donors (Lipinski definition) is 1. The zero-order valence-corrected chi connectivity index (χ0v) is 21.0. The van der Waals surface area contributed by atoms with Crippen LogP contribution in [0.25, 0.3) is 27.2 Å². The summed E-state index contributed by atoms with van der Waals surface area (Å²) in [4.78, 5) is 31.2. The third kappa shape index (κ3) is 4.90. The maximum Gasteiger partial charge on any atom is 0.341 e. The van der Waals surface area contributed by atoms with Gasteiger partial charge in [-0.2, -0.15) is 0 Å². The summed E-state index contributed by atoms with van der Waals surface area (Å²) in [5.74, 6) is -1.25. The molecular formula is C27H27N3O5S. The van der Waals surface area contributed by atoms with Gasteiger partial charge in [0.05, 0.1) is 40.2 Å². The summed E-state index contributed by atoms with van der Waals surface area (Å²) in [6.07, 6.45) is 2.55. The highest BCUT2D eigenvalue weighted by atomic mass is 32.1. The normalized spacial score (nSPS) is 15.6. The fourth-order valence-corrected chi connectivity index (χ4v) is 5.41. The van der Waals surface area contributed by atoms with E-state index >= 15 is 0 Å². The Hall–Kier alpha value is -3.53. The average molecular weight is 506 g/mol. The van der Waals surface area contributed by atoms with Crippen LogP contribution in [0.3, 0.4) is 0 Å². The van der Waals surface area contributed by atoms with Gasteiger partial charge in [0, 0.05) is 43.8 Å². The molecule has 0 radical (unpaired) electrons. The topological polar surface area (TPSA) is 93.9 Å². The van der Waals surface area contributed by atoms with Gasteiger partial charge in [-0.3, -0.25) is 4.79 Å². The third-order valence-electron chi connectivity index (χ3n) is 6.35. The van der Waals surface area contributed by atoms with Crippen molar-refractivity contribution in [1.29, 1.82) is 0 Å². The minimum absolute atomic E-state index is 0.180. The van der Waals surface area contributed by atoms with Crippen molar-refractivity contribution in [3.05, 3.63) is 75.5 Å². The van der Waals surface area contributed by atoms with Crippen LogP contribution in [0.2, 0.25) is 0 Å². The van der Waals surface area contributed by atoms with Crippen molar-refractivity contribution >= 4 is 33.2 Å². The Balaban J connectivity index is 1.48. The zero-order chi connectivity index (χ0) is 25.2. The molecule has 5 rings (SSSR count). The van der Waals surface area contributed by atoms with E-state index in [1.54, 1.807) is 23.0 Å². The number of aromatic nitrogens is 2. The molecule has 0 spiro atoms. The van der Waals surface area contributed by atoms with Gasteiger partial charge in [-0.15, -0.1) is 11.3 Å². The molecule has 36 heavy (non-hydrogen) atoms. The lowest BCUT2D eigenvalue weighted by atomic mass is 10.1. The lowest BCUT2D eigenvalue weighted by Crippen LogP contribution is -2.23. The number of carboxylic acids is 1. The fourth-order valence-electron chi connectivity index (χ4n) is 4.55. The van der Waals surface area contributed by atoms with Gasteiger partial charge in [-0.25, -0.2) is 9.78 Å². The van der Waals surface area contributed by atoms with Gasteiger partial charge < -0.3 is 24.0 Å². The largest absolute Gasteiger partial charge is 0.477 e. The van der Waals surface area contributed by atoms with E-state index in [0.29, 0.717) is 18.9 Å². The van der Waals surface area contributed by atoms with E-state index in [1.807, 2.05) is 49.4 Å². The van der Waals surface area contributed by atoms with Crippen LogP contribution in [0.1, 0.15) is 21.8 Å². The van der Waals surface area contributed by atoms with E-state index in [-0.39, 0.29) is 11.7 Å². The Kier molecular flexibility index (Phi) is 6.86. The quantitative estimate of drug-likeness (QED) is 0.356. The number of carbonyl (C=O) groups is 1. The fraction of sp³-hybridized carbons (Fsp3) is 0.296. The van der Waals surface area contributed by atoms with E-state index in [2.05, 4.69) is 9.88 Å². The van der Waals surface area contributed by atoms with Crippen LogP contribution in [0.5, 0.6) is 0 Å². The molecule has 0 amide bonds. The molecule has 186 valence electrons. The van der Waals surface area contributed by atoms with Crippen LogP contribution in [-0.2, 0) is 9.47 Å². The third-order valence-corrected chi connectivity index (χ3v) is 7.29. The second-order valence-electron chi connectivity index (χ2n) is 8.76. The SMILES string of the molecule is COCCO[C@@H]1CCN(c2ccc(-c3cc(=O)c(C(=O)O)cn3-c3ccc4nc(C)sc4c3)cc2)C1. The first kappa shape index (κ1) is 24.2. The maximum atomic E-state index is 12.6. The predicted octanol–water partition coefficient (Wildman–Crippen LogP) is 4.36. The van der Waals surface area contributed by atoms with E-state index < -0.39 is 11.4 Å². The van der Waals surface area contributed by atoms with Crippen LogP contribution < -0.4 is 10.3 Å². The summed E-state index contributed by atoms with van der Waals surface area (Å²) < 4.78 is 13.7. The predicted molar refractivity (Wildman–Crippen MR) is 141 cm³/mol. The molecule has 0 aliphatic carbocycles. The molecule has 0 bridgehead atoms. The van der Waals surface area contributed by atoms with Crippen molar-refractivity contribution < 1.29 is 19.4 Å². The molecule has 1 atom stereocenters. The van der Waals surface area contributed by atoms with Crippen molar-refractivity contribution in [2.45, 2.75) is 19.4 Å². The number of rotatable bonds is 8. The first-order valence-electron chi connectivity index (χ1n) is 11.8. The van der Waals surface area contributed by atoms with Crippen LogP contribution in [0, 0.1) is 6.92 Å². The molecule has 2 aromatic carbocycles. The summed E-state index contributed by atoms with van der Waals surface area (Å²) in [5, 5.41) is 10.5. The summed E-state index contributed by atoms with van der Waals surface area (Å²) >= 11 is 1.57. The van der Waals surface area contributed by atoms with E-state index in [0.717, 1.165) is 51.7 Å². The number of carboxylic acid groups (broad SMARTS) is 1. The van der Waals surface area contributed by atoms with Crippen molar-refractivity contribution in [3.8, 4) is 16.9 Å². The van der Waals surface area contributed by atoms with Gasteiger partial charge >= 0.3 is 5.97 Å². The van der Waals surface area contributed by atoms with Crippen molar-refractivity contribution in [1.82, 2.24) is 9.55 Å². The van der Waals surface area contributed by atoms with Gasteiger partial charge in [-0.1, -0.05) is 12.1 Å². The monoisotopic (exact) mass is 505 g/mol. The number of benzene rings is 2. The minimum atomic E-state index is -1.25. The lowest BCUT2D eigenvalue weighted by molar-refractivity contribution is 0.0280. The smallest absolute Gasteiger partial charge is 0.341 e. The molecule has 1 saturated heterocycles. The molecule has 3 heterocycles. The molecular weight excluding hydrogens is 478 g/mol. The molecule has 4 aromatic rings. The summed E-state index contributed by atoms with van der Waals surface area (Å²) in [5.41, 5.74) is 3.38. The number of pyridine rings is 1. The number of nitrogens with zero attached hydrogens (tertiary/aromatic N) is 3. The molecule has 1 aliphatic heterocycles. The molecule has 1 fully saturated rings. The molecule has 2 aromatic heterocycles. The molecule has 1 aliphatic rings. The molecule has 1 N–H and O–H groups in total. The number of hydrogen-bond acceptors (Lipinski definition) is 7. The molecule has 8 nitrogen and oxygen atoms in total. The first-order chi connectivity index (χ1) is 17.4. The molecule has 0 unspecified atom stereocenters. The Morgan fingerprint density at radius 2 is 1.92 bits per heavy atom. The number of fused-ring (bicyclic) bond motifs is 1. The number of anilines is 1.